The Bertz CT molecular complexity index is 1610. The lowest BCUT2D eigenvalue weighted by Crippen LogP contribution is -2.38. The standard InChI is InChI=1S/C29H28N6O4S2/c1-16-7-9-17(10-8-16)25-19(14-30)27(31)35(21-5-4-6-22(36)26(21)25)28-33-34-29(41-28)40-15-24(37)32-20-13-18(38-2)11-12-23(20)39-3/h7-13,25H,4-6,15,31H2,1-3H3,(H,32,37). The van der Waals surface area contributed by atoms with E-state index >= 15 is 0 Å². The fourth-order valence-corrected chi connectivity index (χ4v) is 6.65. The number of nitriles is 1. The average Bonchev–Trinajstić information content (AvgIpc) is 3.44. The Morgan fingerprint density at radius 1 is 1.20 bits per heavy atom. The number of nitrogens with two attached hydrogens (primary N) is 1. The molecule has 3 N–H and O–H groups in total. The Hall–Kier alpha value is -4.34. The third-order valence-electron chi connectivity index (χ3n) is 6.92. The molecule has 10 nitrogen and oxygen atoms in total. The summed E-state index contributed by atoms with van der Waals surface area (Å²) < 4.78 is 11.1. The zero-order chi connectivity index (χ0) is 29.1. The molecule has 1 atom stereocenters. The molecule has 0 saturated carbocycles. The maximum Gasteiger partial charge on any atom is 0.234 e. The Morgan fingerprint density at radius 2 is 1.98 bits per heavy atom. The summed E-state index contributed by atoms with van der Waals surface area (Å²) in [5, 5.41) is 22.1. The summed E-state index contributed by atoms with van der Waals surface area (Å²) in [6.45, 7) is 1.99. The normalized spacial score (nSPS) is 16.8. The summed E-state index contributed by atoms with van der Waals surface area (Å²) in [6, 6.07) is 15.2. The molecule has 0 spiro atoms. The van der Waals surface area contributed by atoms with Crippen molar-refractivity contribution in [3.8, 4) is 17.6 Å². The van der Waals surface area contributed by atoms with Gasteiger partial charge in [-0.3, -0.25) is 14.5 Å². The van der Waals surface area contributed by atoms with E-state index in [2.05, 4.69) is 21.6 Å². The van der Waals surface area contributed by atoms with Crippen molar-refractivity contribution < 1.29 is 19.1 Å². The minimum Gasteiger partial charge on any atom is -0.497 e. The molecule has 0 bridgehead atoms. The number of aryl methyl sites for hydroxylation is 1. The van der Waals surface area contributed by atoms with Crippen molar-refractivity contribution in [1.82, 2.24) is 10.2 Å². The quantitative estimate of drug-likeness (QED) is 0.349. The third-order valence-corrected chi connectivity index (χ3v) is 8.96. The Balaban J connectivity index is 1.39. The molecule has 2 heterocycles. The average molecular weight is 589 g/mol. The van der Waals surface area contributed by atoms with Gasteiger partial charge in [0.2, 0.25) is 11.0 Å². The molecular formula is C29H28N6O4S2. The number of aromatic nitrogens is 2. The van der Waals surface area contributed by atoms with Crippen LogP contribution in [0, 0.1) is 18.3 Å². The number of amides is 1. The van der Waals surface area contributed by atoms with Crippen LogP contribution in [-0.2, 0) is 9.59 Å². The maximum absolute atomic E-state index is 13.3. The highest BCUT2D eigenvalue weighted by atomic mass is 32.2. The van der Waals surface area contributed by atoms with Crippen LogP contribution < -0.4 is 25.4 Å². The molecule has 1 aliphatic carbocycles. The number of nitrogens with one attached hydrogen (secondary N) is 1. The molecule has 0 saturated heterocycles. The van der Waals surface area contributed by atoms with Gasteiger partial charge in [0.15, 0.2) is 10.1 Å². The van der Waals surface area contributed by atoms with Gasteiger partial charge in [-0.15, -0.1) is 10.2 Å². The molecule has 1 aromatic heterocycles. The van der Waals surface area contributed by atoms with Crippen LogP contribution in [0.25, 0.3) is 0 Å². The number of nitrogens with zero attached hydrogens (tertiary/aromatic N) is 4. The first-order valence-electron chi connectivity index (χ1n) is 12.9. The number of rotatable bonds is 8. The number of methoxy groups -OCH3 is 2. The Labute approximate surface area is 245 Å². The molecule has 1 aliphatic heterocycles. The molecule has 2 aromatic carbocycles. The van der Waals surface area contributed by atoms with Crippen molar-refractivity contribution >= 4 is 45.6 Å². The Kier molecular flexibility index (Phi) is 8.28. The number of benzene rings is 2. The lowest BCUT2D eigenvalue weighted by Gasteiger charge is -2.38. The highest BCUT2D eigenvalue weighted by Gasteiger charge is 2.41. The number of ketones is 1. The first kappa shape index (κ1) is 28.2. The zero-order valence-electron chi connectivity index (χ0n) is 22.8. The summed E-state index contributed by atoms with van der Waals surface area (Å²) in [7, 11) is 3.07. The fourth-order valence-electron chi connectivity index (χ4n) is 4.97. The summed E-state index contributed by atoms with van der Waals surface area (Å²) in [4.78, 5) is 27.7. The molecule has 5 rings (SSSR count). The zero-order valence-corrected chi connectivity index (χ0v) is 24.4. The van der Waals surface area contributed by atoms with E-state index in [1.165, 1.54) is 30.2 Å². The summed E-state index contributed by atoms with van der Waals surface area (Å²) >= 11 is 2.47. The first-order valence-corrected chi connectivity index (χ1v) is 14.7. The van der Waals surface area contributed by atoms with Crippen LogP contribution >= 0.6 is 23.1 Å². The van der Waals surface area contributed by atoms with Crippen molar-refractivity contribution in [1.29, 1.82) is 5.26 Å². The summed E-state index contributed by atoms with van der Waals surface area (Å²) in [5.74, 6) is 0.632. The van der Waals surface area contributed by atoms with Crippen LogP contribution in [0.3, 0.4) is 0 Å². The van der Waals surface area contributed by atoms with E-state index in [9.17, 15) is 14.9 Å². The predicted octanol–water partition coefficient (Wildman–Crippen LogP) is 4.90. The van der Waals surface area contributed by atoms with Gasteiger partial charge in [0.1, 0.15) is 17.3 Å². The van der Waals surface area contributed by atoms with E-state index < -0.39 is 5.92 Å². The van der Waals surface area contributed by atoms with Crippen molar-refractivity contribution in [3.63, 3.8) is 0 Å². The number of allylic oxidation sites excluding steroid dienone is 3. The fraction of sp³-hybridized carbons (Fsp3) is 0.276. The second-order valence-electron chi connectivity index (χ2n) is 9.48. The third kappa shape index (κ3) is 5.64. The number of Topliss-reactive ketones (excluding diaryl/α,β-unsaturated/α-hetero) is 1. The van der Waals surface area contributed by atoms with E-state index in [1.54, 1.807) is 30.2 Å². The lowest BCUT2D eigenvalue weighted by molar-refractivity contribution is -0.116. The molecule has 12 heteroatoms. The highest BCUT2D eigenvalue weighted by molar-refractivity contribution is 8.01. The van der Waals surface area contributed by atoms with Crippen LogP contribution in [0.2, 0.25) is 0 Å². The minimum absolute atomic E-state index is 0.00540. The van der Waals surface area contributed by atoms with E-state index in [-0.39, 0.29) is 23.3 Å². The van der Waals surface area contributed by atoms with E-state index in [0.29, 0.717) is 57.1 Å². The van der Waals surface area contributed by atoms with Gasteiger partial charge in [-0.05, 0) is 37.5 Å². The topological polar surface area (TPSA) is 143 Å². The van der Waals surface area contributed by atoms with Crippen LogP contribution in [0.15, 0.2) is 69.5 Å². The van der Waals surface area contributed by atoms with Gasteiger partial charge in [-0.25, -0.2) is 0 Å². The van der Waals surface area contributed by atoms with Crippen LogP contribution in [0.5, 0.6) is 11.5 Å². The molecule has 0 fully saturated rings. The van der Waals surface area contributed by atoms with Gasteiger partial charge in [0, 0.05) is 23.8 Å². The smallest absolute Gasteiger partial charge is 0.234 e. The van der Waals surface area contributed by atoms with Crippen LogP contribution in [0.1, 0.15) is 36.3 Å². The molecular weight excluding hydrogens is 560 g/mol. The van der Waals surface area contributed by atoms with Gasteiger partial charge >= 0.3 is 0 Å². The van der Waals surface area contributed by atoms with Gasteiger partial charge in [0.05, 0.1) is 43.2 Å². The van der Waals surface area contributed by atoms with E-state index in [0.717, 1.165) is 16.8 Å². The number of anilines is 2. The molecule has 0 radical (unpaired) electrons. The molecule has 3 aromatic rings. The van der Waals surface area contributed by atoms with Gasteiger partial charge < -0.3 is 20.5 Å². The summed E-state index contributed by atoms with van der Waals surface area (Å²) in [6.07, 6.45) is 1.71. The molecule has 2 aliphatic rings. The van der Waals surface area contributed by atoms with E-state index in [1.807, 2.05) is 31.2 Å². The first-order chi connectivity index (χ1) is 19.8. The maximum atomic E-state index is 13.3. The van der Waals surface area contributed by atoms with Crippen molar-refractivity contribution in [2.24, 2.45) is 5.73 Å². The summed E-state index contributed by atoms with van der Waals surface area (Å²) in [5.41, 5.74) is 10.7. The second-order valence-corrected chi connectivity index (χ2v) is 11.7. The molecule has 210 valence electrons. The molecule has 1 unspecified atom stereocenters. The Morgan fingerprint density at radius 3 is 2.68 bits per heavy atom. The largest absolute Gasteiger partial charge is 0.497 e. The van der Waals surface area contributed by atoms with Crippen molar-refractivity contribution in [3.05, 3.63) is 76.3 Å². The van der Waals surface area contributed by atoms with Crippen LogP contribution in [0.4, 0.5) is 10.8 Å². The number of thioether (sulfide) groups is 1. The monoisotopic (exact) mass is 588 g/mol. The SMILES string of the molecule is COc1ccc(OC)c(NC(=O)CSc2nnc(N3C(N)=C(C#N)C(c4ccc(C)cc4)C4=C3CCCC4=O)s2)c1. The van der Waals surface area contributed by atoms with Gasteiger partial charge in [0.25, 0.3) is 0 Å². The molecule has 41 heavy (non-hydrogen) atoms. The predicted molar refractivity (Wildman–Crippen MR) is 158 cm³/mol. The van der Waals surface area contributed by atoms with Crippen molar-refractivity contribution in [2.75, 3.05) is 30.2 Å². The number of carbonyl (C=O) groups is 2. The van der Waals surface area contributed by atoms with Crippen molar-refractivity contribution in [2.45, 2.75) is 36.4 Å². The second kappa shape index (κ2) is 12.0. The minimum atomic E-state index is -0.529. The van der Waals surface area contributed by atoms with Gasteiger partial charge in [-0.1, -0.05) is 52.9 Å². The molecule has 1 amide bonds. The number of hydrogen-bond acceptors (Lipinski definition) is 11. The lowest BCUT2D eigenvalue weighted by atomic mass is 9.75. The number of ether oxygens (including phenoxy) is 2. The van der Waals surface area contributed by atoms with E-state index in [4.69, 9.17) is 15.2 Å². The van der Waals surface area contributed by atoms with Gasteiger partial charge in [-0.2, -0.15) is 5.26 Å². The number of carbonyl (C=O) groups excluding carboxylic acids is 2. The van der Waals surface area contributed by atoms with Crippen LogP contribution in [-0.4, -0.2) is 41.9 Å². The number of hydrogen-bond donors (Lipinski definition) is 2. The highest BCUT2D eigenvalue weighted by Crippen LogP contribution is 2.47.